The zero-order chi connectivity index (χ0) is 32.8. The lowest BCUT2D eigenvalue weighted by Crippen LogP contribution is -2.42. The number of dihydropyridines is 1. The number of piperidine rings is 1. The van der Waals surface area contributed by atoms with E-state index in [0.29, 0.717) is 30.7 Å². The minimum atomic E-state index is -0.542. The van der Waals surface area contributed by atoms with Gasteiger partial charge in [-0.3, -0.25) is 4.79 Å². The number of rotatable bonds is 5. The fourth-order valence-electron chi connectivity index (χ4n) is 7.05. The molecule has 1 saturated heterocycles. The van der Waals surface area contributed by atoms with Gasteiger partial charge in [0.2, 0.25) is 0 Å². The molecule has 3 aromatic rings. The van der Waals surface area contributed by atoms with E-state index < -0.39 is 17.5 Å². The molecule has 2 aromatic carbocycles. The van der Waals surface area contributed by atoms with Crippen LogP contribution in [0.5, 0.6) is 0 Å². The second-order valence-electron chi connectivity index (χ2n) is 14.8. The van der Waals surface area contributed by atoms with Gasteiger partial charge in [-0.05, 0) is 98.6 Å². The van der Waals surface area contributed by atoms with Crippen molar-refractivity contribution in [1.82, 2.24) is 15.2 Å². The third-order valence-corrected chi connectivity index (χ3v) is 9.28. The van der Waals surface area contributed by atoms with Gasteiger partial charge >= 0.3 is 12.1 Å². The Morgan fingerprint density at radius 3 is 2.48 bits per heavy atom. The number of allylic oxidation sites excluding steroid dienone is 3. The minimum absolute atomic E-state index is 0.0650. The Morgan fingerprint density at radius 1 is 1.00 bits per heavy atom. The van der Waals surface area contributed by atoms with Crippen LogP contribution in [-0.4, -0.2) is 53.0 Å². The summed E-state index contributed by atoms with van der Waals surface area (Å²) in [5.41, 5.74) is 6.10. The number of ether oxygens (including phenoxy) is 2. The molecular formula is C38H45N3O5. The number of hydrogen-bond donors (Lipinski definition) is 2. The van der Waals surface area contributed by atoms with Gasteiger partial charge in [0.05, 0.1) is 12.2 Å². The molecule has 1 fully saturated rings. The number of esters is 1. The Bertz CT molecular complexity index is 1750. The maximum absolute atomic E-state index is 14.0. The fourth-order valence-corrected chi connectivity index (χ4v) is 7.05. The zero-order valence-corrected chi connectivity index (χ0v) is 27.8. The molecule has 8 heteroatoms. The first kappa shape index (κ1) is 31.6. The highest BCUT2D eigenvalue weighted by Gasteiger charge is 2.43. The summed E-state index contributed by atoms with van der Waals surface area (Å²) in [5, 5.41) is 4.57. The van der Waals surface area contributed by atoms with Crippen molar-refractivity contribution in [2.75, 3.05) is 19.7 Å². The van der Waals surface area contributed by atoms with Gasteiger partial charge in [0, 0.05) is 54.1 Å². The molecule has 1 amide bonds. The smallest absolute Gasteiger partial charge is 0.410 e. The van der Waals surface area contributed by atoms with Gasteiger partial charge in [0.1, 0.15) is 5.60 Å². The lowest BCUT2D eigenvalue weighted by molar-refractivity contribution is -0.141. The molecule has 1 aromatic heterocycles. The molecule has 242 valence electrons. The van der Waals surface area contributed by atoms with E-state index in [1.807, 2.05) is 46.0 Å². The van der Waals surface area contributed by atoms with Crippen LogP contribution < -0.4 is 5.32 Å². The molecule has 8 nitrogen and oxygen atoms in total. The summed E-state index contributed by atoms with van der Waals surface area (Å²) in [6.45, 7) is 13.1. The number of aromatic nitrogens is 1. The Hall–Kier alpha value is -4.33. The average molecular weight is 624 g/mol. The predicted molar refractivity (Wildman–Crippen MR) is 179 cm³/mol. The van der Waals surface area contributed by atoms with Crippen LogP contribution in [0.3, 0.4) is 0 Å². The molecule has 1 aliphatic carbocycles. The van der Waals surface area contributed by atoms with Crippen molar-refractivity contribution in [3.63, 3.8) is 0 Å². The van der Waals surface area contributed by atoms with Crippen molar-refractivity contribution in [3.8, 4) is 11.1 Å². The first-order valence-electron chi connectivity index (χ1n) is 16.3. The molecule has 0 bridgehead atoms. The summed E-state index contributed by atoms with van der Waals surface area (Å²) >= 11 is 0. The number of nitrogens with zero attached hydrogens (tertiary/aromatic N) is 1. The lowest BCUT2D eigenvalue weighted by atomic mass is 9.68. The molecule has 0 radical (unpaired) electrons. The highest BCUT2D eigenvalue weighted by Crippen LogP contribution is 2.47. The number of carbonyl (C=O) groups is 3. The van der Waals surface area contributed by atoms with Gasteiger partial charge in [-0.1, -0.05) is 44.2 Å². The number of amides is 1. The van der Waals surface area contributed by atoms with E-state index in [1.54, 1.807) is 4.90 Å². The molecule has 6 rings (SSSR count). The summed E-state index contributed by atoms with van der Waals surface area (Å²) in [4.78, 5) is 45.3. The maximum atomic E-state index is 14.0. The van der Waals surface area contributed by atoms with Crippen LogP contribution >= 0.6 is 0 Å². The third kappa shape index (κ3) is 6.62. The van der Waals surface area contributed by atoms with Crippen molar-refractivity contribution >= 4 is 28.7 Å². The number of benzene rings is 2. The number of Topliss-reactive ketones (excluding diaryl/α,β-unsaturated/α-hetero) is 1. The molecule has 46 heavy (non-hydrogen) atoms. The van der Waals surface area contributed by atoms with Crippen LogP contribution in [0.2, 0.25) is 0 Å². The molecule has 0 saturated carbocycles. The fraction of sp³-hybridized carbons (Fsp3) is 0.447. The molecule has 1 atom stereocenters. The van der Waals surface area contributed by atoms with E-state index in [9.17, 15) is 14.4 Å². The van der Waals surface area contributed by atoms with Crippen LogP contribution in [0.4, 0.5) is 4.79 Å². The summed E-state index contributed by atoms with van der Waals surface area (Å²) in [5.74, 6) is -0.738. The summed E-state index contributed by atoms with van der Waals surface area (Å²) in [6.07, 6.45) is 4.22. The largest absolute Gasteiger partial charge is 0.462 e. The van der Waals surface area contributed by atoms with Gasteiger partial charge in [0.15, 0.2) is 5.78 Å². The molecule has 2 N–H and O–H groups in total. The topological polar surface area (TPSA) is 101 Å². The van der Waals surface area contributed by atoms with Crippen LogP contribution in [0.25, 0.3) is 22.0 Å². The molecular weight excluding hydrogens is 578 g/mol. The standard InChI is InChI=1S/C38H45N3O5/c1-23-32(35(43)45-22-24-13-16-41(17-14-24)36(44)46-37(2,3)4)33(34-30(40-23)20-38(5,6)21-31(34)42)28-9-7-8-25(19-28)26-10-11-29-27(18-26)12-15-39-29/h7-12,15,18-19,24,33,39-40H,13-14,16-17,20-22H2,1-6H3. The minimum Gasteiger partial charge on any atom is -0.462 e. The Morgan fingerprint density at radius 2 is 1.74 bits per heavy atom. The molecule has 0 spiro atoms. The lowest BCUT2D eigenvalue weighted by Gasteiger charge is -2.39. The number of hydrogen-bond acceptors (Lipinski definition) is 6. The van der Waals surface area contributed by atoms with Crippen LogP contribution in [0.15, 0.2) is 77.3 Å². The van der Waals surface area contributed by atoms with Crippen molar-refractivity contribution < 1.29 is 23.9 Å². The van der Waals surface area contributed by atoms with E-state index in [-0.39, 0.29) is 29.8 Å². The van der Waals surface area contributed by atoms with Crippen LogP contribution in [0, 0.1) is 11.3 Å². The number of likely N-dealkylation sites (tertiary alicyclic amines) is 1. The number of fused-ring (bicyclic) bond motifs is 1. The molecule has 3 aliphatic rings. The summed E-state index contributed by atoms with van der Waals surface area (Å²) in [7, 11) is 0. The van der Waals surface area contributed by atoms with Crippen molar-refractivity contribution in [1.29, 1.82) is 0 Å². The third-order valence-electron chi connectivity index (χ3n) is 9.28. The van der Waals surface area contributed by atoms with Crippen molar-refractivity contribution in [3.05, 3.63) is 82.8 Å². The average Bonchev–Trinajstić information content (AvgIpc) is 3.46. The van der Waals surface area contributed by atoms with Gasteiger partial charge in [0.25, 0.3) is 0 Å². The number of nitrogens with one attached hydrogen (secondary N) is 2. The normalized spacial score (nSPS) is 20.4. The number of H-pyrrole nitrogens is 1. The monoisotopic (exact) mass is 623 g/mol. The van der Waals surface area contributed by atoms with Crippen molar-refractivity contribution in [2.45, 2.75) is 78.7 Å². The van der Waals surface area contributed by atoms with Crippen molar-refractivity contribution in [2.24, 2.45) is 11.3 Å². The molecule has 2 aliphatic heterocycles. The SMILES string of the molecule is CC1=C(C(=O)OCC2CCN(C(=O)OC(C)(C)C)CC2)C(c2cccc(-c3ccc4[nH]ccc4c3)c2)C2=C(CC(C)(C)CC2=O)N1. The Balaban J connectivity index is 1.25. The van der Waals surface area contributed by atoms with Crippen LogP contribution in [-0.2, 0) is 19.1 Å². The number of aromatic amines is 1. The first-order valence-corrected chi connectivity index (χ1v) is 16.3. The van der Waals surface area contributed by atoms with Gasteiger partial charge < -0.3 is 24.7 Å². The quantitative estimate of drug-likeness (QED) is 0.284. The van der Waals surface area contributed by atoms with E-state index in [4.69, 9.17) is 9.47 Å². The highest BCUT2D eigenvalue weighted by molar-refractivity contribution is 6.04. The first-order chi connectivity index (χ1) is 21.8. The molecule has 3 heterocycles. The Kier molecular flexibility index (Phi) is 8.34. The van der Waals surface area contributed by atoms with E-state index in [0.717, 1.165) is 58.2 Å². The van der Waals surface area contributed by atoms with E-state index in [2.05, 4.69) is 60.5 Å². The number of carbonyl (C=O) groups excluding carboxylic acids is 3. The second kappa shape index (κ2) is 12.1. The highest BCUT2D eigenvalue weighted by atomic mass is 16.6. The zero-order valence-electron chi connectivity index (χ0n) is 27.8. The summed E-state index contributed by atoms with van der Waals surface area (Å²) < 4.78 is 11.5. The maximum Gasteiger partial charge on any atom is 0.410 e. The van der Waals surface area contributed by atoms with Gasteiger partial charge in [-0.25, -0.2) is 9.59 Å². The summed E-state index contributed by atoms with van der Waals surface area (Å²) in [6, 6.07) is 16.5. The molecule has 1 unspecified atom stereocenters. The second-order valence-corrected chi connectivity index (χ2v) is 14.8. The number of ketones is 1. The van der Waals surface area contributed by atoms with Gasteiger partial charge in [-0.15, -0.1) is 0 Å². The predicted octanol–water partition coefficient (Wildman–Crippen LogP) is 7.63. The Labute approximate surface area is 271 Å². The van der Waals surface area contributed by atoms with Crippen LogP contribution in [0.1, 0.15) is 78.7 Å². The van der Waals surface area contributed by atoms with E-state index in [1.165, 1.54) is 0 Å². The van der Waals surface area contributed by atoms with E-state index >= 15 is 0 Å². The van der Waals surface area contributed by atoms with Gasteiger partial charge in [-0.2, -0.15) is 0 Å².